The number of nitrogens with one attached hydrogen (secondary N) is 2. The van der Waals surface area contributed by atoms with Gasteiger partial charge in [0.05, 0.1) is 13.2 Å². The van der Waals surface area contributed by atoms with Gasteiger partial charge >= 0.3 is 0 Å². The largest absolute Gasteiger partial charge is 0.481 e. The van der Waals surface area contributed by atoms with E-state index in [4.69, 9.17) is 4.74 Å². The summed E-state index contributed by atoms with van der Waals surface area (Å²) in [4.78, 5) is 20.5. The maximum absolute atomic E-state index is 12.2. The summed E-state index contributed by atoms with van der Waals surface area (Å²) < 4.78 is 5.07. The maximum atomic E-state index is 12.2. The fraction of sp³-hybridized carbons (Fsp3) is 0.615. The van der Waals surface area contributed by atoms with Crippen LogP contribution in [0.5, 0.6) is 5.88 Å². The number of anilines is 1. The lowest BCUT2D eigenvalue weighted by molar-refractivity contribution is -0.119. The van der Waals surface area contributed by atoms with Crippen LogP contribution in [0.4, 0.5) is 5.95 Å². The second-order valence-electron chi connectivity index (χ2n) is 4.92. The molecule has 0 aromatic carbocycles. The Hall–Kier alpha value is -1.69. The first-order valence-corrected chi connectivity index (χ1v) is 6.54. The van der Waals surface area contributed by atoms with Crippen molar-refractivity contribution < 1.29 is 9.53 Å². The summed E-state index contributed by atoms with van der Waals surface area (Å²) in [6.07, 6.45) is 2.17. The van der Waals surface area contributed by atoms with Crippen LogP contribution in [0.3, 0.4) is 0 Å². The molecular formula is C13H20N4O2. The molecule has 2 rings (SSSR count). The number of rotatable bonds is 3. The Morgan fingerprint density at radius 1 is 1.53 bits per heavy atom. The zero-order valence-electron chi connectivity index (χ0n) is 11.6. The minimum absolute atomic E-state index is 0.0835. The van der Waals surface area contributed by atoms with Crippen molar-refractivity contribution in [2.24, 2.45) is 5.92 Å². The smallest absolute Gasteiger partial charge is 0.244 e. The SMILES string of the molecule is COc1cc(C)nc(NC(=O)C2NCCCC2C)n1. The van der Waals surface area contributed by atoms with Crippen molar-refractivity contribution in [3.05, 3.63) is 11.8 Å². The lowest BCUT2D eigenvalue weighted by atomic mass is 9.92. The van der Waals surface area contributed by atoms with E-state index in [0.29, 0.717) is 17.7 Å². The van der Waals surface area contributed by atoms with Crippen LogP contribution in [0.2, 0.25) is 0 Å². The highest BCUT2D eigenvalue weighted by atomic mass is 16.5. The molecule has 0 aliphatic carbocycles. The first-order valence-electron chi connectivity index (χ1n) is 6.54. The number of ether oxygens (including phenoxy) is 1. The molecule has 0 radical (unpaired) electrons. The highest BCUT2D eigenvalue weighted by molar-refractivity contribution is 5.93. The van der Waals surface area contributed by atoms with Gasteiger partial charge in [-0.2, -0.15) is 4.98 Å². The van der Waals surface area contributed by atoms with Gasteiger partial charge in [0.1, 0.15) is 0 Å². The van der Waals surface area contributed by atoms with E-state index >= 15 is 0 Å². The van der Waals surface area contributed by atoms with E-state index in [1.54, 1.807) is 6.07 Å². The molecule has 1 aromatic heterocycles. The summed E-state index contributed by atoms with van der Waals surface area (Å²) in [6, 6.07) is 1.54. The summed E-state index contributed by atoms with van der Waals surface area (Å²) >= 11 is 0. The van der Waals surface area contributed by atoms with Gasteiger partial charge in [-0.3, -0.25) is 10.1 Å². The van der Waals surface area contributed by atoms with Gasteiger partial charge < -0.3 is 10.1 Å². The number of piperidine rings is 1. The second-order valence-corrected chi connectivity index (χ2v) is 4.92. The van der Waals surface area contributed by atoms with Crippen LogP contribution in [0.1, 0.15) is 25.5 Å². The molecule has 0 saturated carbocycles. The molecule has 1 aromatic rings. The number of hydrogen-bond acceptors (Lipinski definition) is 5. The Bertz CT molecular complexity index is 464. The molecule has 6 heteroatoms. The van der Waals surface area contributed by atoms with Crippen molar-refractivity contribution in [2.75, 3.05) is 19.0 Å². The molecule has 1 amide bonds. The van der Waals surface area contributed by atoms with E-state index in [1.807, 2.05) is 6.92 Å². The van der Waals surface area contributed by atoms with Crippen LogP contribution in [-0.2, 0) is 4.79 Å². The van der Waals surface area contributed by atoms with Gasteiger partial charge in [0.25, 0.3) is 0 Å². The first-order chi connectivity index (χ1) is 9.10. The number of amides is 1. The maximum Gasteiger partial charge on any atom is 0.244 e. The van der Waals surface area contributed by atoms with E-state index in [0.717, 1.165) is 25.1 Å². The molecule has 1 aliphatic rings. The molecule has 2 N–H and O–H groups in total. The Kier molecular flexibility index (Phi) is 4.31. The normalized spacial score (nSPS) is 22.9. The molecule has 19 heavy (non-hydrogen) atoms. The highest BCUT2D eigenvalue weighted by Crippen LogP contribution is 2.17. The number of carbonyl (C=O) groups excluding carboxylic acids is 1. The average molecular weight is 264 g/mol. The summed E-state index contributed by atoms with van der Waals surface area (Å²) in [7, 11) is 1.54. The lowest BCUT2D eigenvalue weighted by Gasteiger charge is -2.28. The lowest BCUT2D eigenvalue weighted by Crippen LogP contribution is -2.48. The van der Waals surface area contributed by atoms with E-state index in [-0.39, 0.29) is 11.9 Å². The third-order valence-electron chi connectivity index (χ3n) is 3.33. The van der Waals surface area contributed by atoms with Crippen molar-refractivity contribution in [2.45, 2.75) is 32.7 Å². The second kappa shape index (κ2) is 5.97. The van der Waals surface area contributed by atoms with E-state index in [1.165, 1.54) is 7.11 Å². The topological polar surface area (TPSA) is 76.1 Å². The Balaban J connectivity index is 2.07. The summed E-state index contributed by atoms with van der Waals surface area (Å²) in [5, 5.41) is 5.99. The van der Waals surface area contributed by atoms with Gasteiger partial charge in [-0.15, -0.1) is 0 Å². The molecule has 2 unspecified atom stereocenters. The number of methoxy groups -OCH3 is 1. The van der Waals surface area contributed by atoms with Crippen LogP contribution in [-0.4, -0.2) is 35.6 Å². The molecule has 1 saturated heterocycles. The molecule has 6 nitrogen and oxygen atoms in total. The number of hydrogen-bond donors (Lipinski definition) is 2. The molecule has 0 bridgehead atoms. The molecule has 104 valence electrons. The van der Waals surface area contributed by atoms with Crippen molar-refractivity contribution in [1.29, 1.82) is 0 Å². The van der Waals surface area contributed by atoms with E-state index in [2.05, 4.69) is 27.5 Å². The fourth-order valence-electron chi connectivity index (χ4n) is 2.29. The fourth-order valence-corrected chi connectivity index (χ4v) is 2.29. The molecule has 2 heterocycles. The Morgan fingerprint density at radius 2 is 2.32 bits per heavy atom. The Labute approximate surface area is 113 Å². The van der Waals surface area contributed by atoms with Gasteiger partial charge in [-0.05, 0) is 32.2 Å². The molecule has 0 spiro atoms. The third-order valence-corrected chi connectivity index (χ3v) is 3.33. The van der Waals surface area contributed by atoms with Gasteiger partial charge in [0.2, 0.25) is 17.7 Å². The van der Waals surface area contributed by atoms with Crippen molar-refractivity contribution in [1.82, 2.24) is 15.3 Å². The minimum atomic E-state index is -0.177. The van der Waals surface area contributed by atoms with E-state index in [9.17, 15) is 4.79 Å². The minimum Gasteiger partial charge on any atom is -0.481 e. The van der Waals surface area contributed by atoms with Crippen LogP contribution >= 0.6 is 0 Å². The number of aryl methyl sites for hydroxylation is 1. The number of aromatic nitrogens is 2. The van der Waals surface area contributed by atoms with Crippen molar-refractivity contribution in [3.63, 3.8) is 0 Å². The highest BCUT2D eigenvalue weighted by Gasteiger charge is 2.27. The van der Waals surface area contributed by atoms with Gasteiger partial charge in [0, 0.05) is 11.8 Å². The molecule has 1 aliphatic heterocycles. The standard InChI is InChI=1S/C13H20N4O2/c1-8-5-4-6-14-11(8)12(18)17-13-15-9(2)7-10(16-13)19-3/h7-8,11,14H,4-6H2,1-3H3,(H,15,16,17,18). The number of carbonyl (C=O) groups is 1. The molecule has 1 fully saturated rings. The van der Waals surface area contributed by atoms with Gasteiger partial charge in [0.15, 0.2) is 0 Å². The monoisotopic (exact) mass is 264 g/mol. The van der Waals surface area contributed by atoms with Crippen LogP contribution in [0.15, 0.2) is 6.07 Å². The third kappa shape index (κ3) is 3.41. The molecule has 2 atom stereocenters. The Morgan fingerprint density at radius 3 is 3.00 bits per heavy atom. The van der Waals surface area contributed by atoms with Crippen LogP contribution < -0.4 is 15.4 Å². The predicted octanol–water partition coefficient (Wildman–Crippen LogP) is 1.12. The van der Waals surface area contributed by atoms with Crippen LogP contribution in [0.25, 0.3) is 0 Å². The number of nitrogens with zero attached hydrogens (tertiary/aromatic N) is 2. The zero-order valence-corrected chi connectivity index (χ0v) is 11.6. The predicted molar refractivity (Wildman–Crippen MR) is 72.1 cm³/mol. The summed E-state index contributed by atoms with van der Waals surface area (Å²) in [5.74, 6) is 0.981. The van der Waals surface area contributed by atoms with E-state index < -0.39 is 0 Å². The quantitative estimate of drug-likeness (QED) is 0.855. The summed E-state index contributed by atoms with van der Waals surface area (Å²) in [6.45, 7) is 4.79. The zero-order chi connectivity index (χ0) is 13.8. The van der Waals surface area contributed by atoms with Crippen molar-refractivity contribution in [3.8, 4) is 5.88 Å². The summed E-state index contributed by atoms with van der Waals surface area (Å²) in [5.41, 5.74) is 0.756. The first kappa shape index (κ1) is 13.7. The van der Waals surface area contributed by atoms with Gasteiger partial charge in [-0.25, -0.2) is 4.98 Å². The van der Waals surface area contributed by atoms with Crippen LogP contribution in [0, 0.1) is 12.8 Å². The van der Waals surface area contributed by atoms with Crippen molar-refractivity contribution >= 4 is 11.9 Å². The van der Waals surface area contributed by atoms with Gasteiger partial charge in [-0.1, -0.05) is 6.92 Å². The average Bonchev–Trinajstić information content (AvgIpc) is 2.38. The molecular weight excluding hydrogens is 244 g/mol.